The zero-order valence-corrected chi connectivity index (χ0v) is 24.3. The first-order valence-electron chi connectivity index (χ1n) is 13.1. The van der Waals surface area contributed by atoms with Gasteiger partial charge in [0, 0.05) is 54.9 Å². The quantitative estimate of drug-likeness (QED) is 0.261. The number of halogens is 2. The van der Waals surface area contributed by atoms with E-state index in [0.717, 1.165) is 23.0 Å². The molecule has 0 bridgehead atoms. The van der Waals surface area contributed by atoms with Gasteiger partial charge >= 0.3 is 0 Å². The van der Waals surface area contributed by atoms with Gasteiger partial charge in [-0.3, -0.25) is 14.4 Å². The summed E-state index contributed by atoms with van der Waals surface area (Å²) in [6.07, 6.45) is 2.50. The first kappa shape index (κ1) is 29.2. The van der Waals surface area contributed by atoms with Gasteiger partial charge in [0.15, 0.2) is 5.69 Å². The minimum absolute atomic E-state index is 0.0802. The van der Waals surface area contributed by atoms with Gasteiger partial charge < -0.3 is 20.7 Å². The normalized spacial score (nSPS) is 14.5. The third kappa shape index (κ3) is 6.13. The van der Waals surface area contributed by atoms with Gasteiger partial charge in [-0.25, -0.2) is 14.6 Å². The first-order valence-corrected chi connectivity index (χ1v) is 13.8. The van der Waals surface area contributed by atoms with E-state index in [9.17, 15) is 14.4 Å². The molecule has 4 aromatic rings. The van der Waals surface area contributed by atoms with Crippen molar-refractivity contribution >= 4 is 40.7 Å². The summed E-state index contributed by atoms with van der Waals surface area (Å²) in [5, 5.41) is 13.3. The number of amides is 2. The van der Waals surface area contributed by atoms with E-state index >= 15 is 0 Å². The Morgan fingerprint density at radius 2 is 1.81 bits per heavy atom. The summed E-state index contributed by atoms with van der Waals surface area (Å²) in [6, 6.07) is 14.5. The molecule has 0 saturated carbocycles. The van der Waals surface area contributed by atoms with Crippen LogP contribution >= 0.6 is 23.2 Å². The molecule has 11 nitrogen and oxygen atoms in total. The van der Waals surface area contributed by atoms with Crippen LogP contribution in [0.4, 0.5) is 5.69 Å². The molecule has 0 unspecified atom stereocenters. The highest BCUT2D eigenvalue weighted by molar-refractivity contribution is 6.39. The average Bonchev–Trinajstić information content (AvgIpc) is 3.40. The molecule has 0 spiro atoms. The highest BCUT2D eigenvalue weighted by Gasteiger charge is 2.21. The molecule has 1 atom stereocenters. The lowest BCUT2D eigenvalue weighted by atomic mass is 10.00. The van der Waals surface area contributed by atoms with Gasteiger partial charge in [-0.2, -0.15) is 5.10 Å². The Kier molecular flexibility index (Phi) is 8.81. The molecule has 1 aliphatic heterocycles. The maximum absolute atomic E-state index is 12.8. The number of anilines is 1. The SMILES string of the molecule is COc1nc(-c2cccc(-c3cccc(NC(=O)c4ncnn(C)c4=O)c3Cl)c2Cl)ccc1CNC[C@H]1CCC(=O)N1. The number of pyridine rings is 1. The second-order valence-electron chi connectivity index (χ2n) is 9.62. The minimum Gasteiger partial charge on any atom is -0.481 e. The van der Waals surface area contributed by atoms with Crippen LogP contribution in [0.3, 0.4) is 0 Å². The number of carbonyl (C=O) groups excluding carboxylic acids is 2. The number of benzene rings is 2. The smallest absolute Gasteiger partial charge is 0.298 e. The number of ether oxygens (including phenoxy) is 1. The van der Waals surface area contributed by atoms with Crippen molar-refractivity contribution < 1.29 is 14.3 Å². The van der Waals surface area contributed by atoms with Crippen LogP contribution in [-0.4, -0.2) is 51.3 Å². The molecule has 216 valence electrons. The van der Waals surface area contributed by atoms with Gasteiger partial charge in [0.25, 0.3) is 11.5 Å². The maximum atomic E-state index is 12.8. The third-order valence-corrected chi connectivity index (χ3v) is 7.67. The van der Waals surface area contributed by atoms with E-state index in [1.807, 2.05) is 30.3 Å². The van der Waals surface area contributed by atoms with Crippen LogP contribution in [0.15, 0.2) is 59.7 Å². The molecular formula is C29H27Cl2N7O4. The monoisotopic (exact) mass is 607 g/mol. The maximum Gasteiger partial charge on any atom is 0.298 e. The summed E-state index contributed by atoms with van der Waals surface area (Å²) in [4.78, 5) is 45.0. The second-order valence-corrected chi connectivity index (χ2v) is 10.4. The molecule has 5 rings (SSSR count). The van der Waals surface area contributed by atoms with Crippen molar-refractivity contribution in [1.29, 1.82) is 0 Å². The van der Waals surface area contributed by atoms with Crippen LogP contribution < -0.4 is 26.2 Å². The summed E-state index contributed by atoms with van der Waals surface area (Å²) in [5.41, 5.74) is 2.67. The molecular weight excluding hydrogens is 581 g/mol. The van der Waals surface area contributed by atoms with Crippen molar-refractivity contribution in [3.8, 4) is 28.3 Å². The molecule has 2 amide bonds. The Morgan fingerprint density at radius 3 is 2.55 bits per heavy atom. The van der Waals surface area contributed by atoms with Gasteiger partial charge in [0.2, 0.25) is 11.8 Å². The number of hydrogen-bond acceptors (Lipinski definition) is 8. The van der Waals surface area contributed by atoms with Crippen molar-refractivity contribution in [3.63, 3.8) is 0 Å². The molecule has 1 aliphatic rings. The number of carbonyl (C=O) groups is 2. The average molecular weight is 608 g/mol. The van der Waals surface area contributed by atoms with Gasteiger partial charge in [0.05, 0.1) is 28.5 Å². The Morgan fingerprint density at radius 1 is 1.07 bits per heavy atom. The van der Waals surface area contributed by atoms with E-state index in [4.69, 9.17) is 32.9 Å². The van der Waals surface area contributed by atoms with Gasteiger partial charge in [0.1, 0.15) is 6.33 Å². The number of nitrogens with zero attached hydrogens (tertiary/aromatic N) is 4. The van der Waals surface area contributed by atoms with Gasteiger partial charge in [-0.15, -0.1) is 0 Å². The predicted octanol–water partition coefficient (Wildman–Crippen LogP) is 3.84. The molecule has 42 heavy (non-hydrogen) atoms. The van der Waals surface area contributed by atoms with Crippen LogP contribution in [0.1, 0.15) is 28.9 Å². The van der Waals surface area contributed by atoms with E-state index in [1.54, 1.807) is 25.3 Å². The molecule has 0 aliphatic carbocycles. The third-order valence-electron chi connectivity index (χ3n) is 6.86. The molecule has 3 heterocycles. The summed E-state index contributed by atoms with van der Waals surface area (Å²) < 4.78 is 6.59. The minimum atomic E-state index is -0.712. The Balaban J connectivity index is 1.38. The molecule has 1 saturated heterocycles. The molecule has 2 aromatic carbocycles. The first-order chi connectivity index (χ1) is 20.3. The summed E-state index contributed by atoms with van der Waals surface area (Å²) in [5.74, 6) is -0.178. The largest absolute Gasteiger partial charge is 0.481 e. The van der Waals surface area contributed by atoms with Crippen LogP contribution in [0.25, 0.3) is 22.4 Å². The number of aromatic nitrogens is 4. The van der Waals surface area contributed by atoms with Crippen LogP contribution in [-0.2, 0) is 18.4 Å². The van der Waals surface area contributed by atoms with Gasteiger partial charge in [-0.05, 0) is 18.6 Å². The second kappa shape index (κ2) is 12.7. The van der Waals surface area contributed by atoms with E-state index in [1.165, 1.54) is 7.05 Å². The number of rotatable bonds is 9. The highest BCUT2D eigenvalue weighted by Crippen LogP contribution is 2.41. The topological polar surface area (TPSA) is 140 Å². The van der Waals surface area contributed by atoms with Gasteiger partial charge in [-0.1, -0.05) is 59.6 Å². The Labute approximate surface area is 251 Å². The molecule has 0 radical (unpaired) electrons. The fourth-order valence-electron chi connectivity index (χ4n) is 4.68. The van der Waals surface area contributed by atoms with Crippen LogP contribution in [0.5, 0.6) is 5.88 Å². The van der Waals surface area contributed by atoms with Crippen molar-refractivity contribution in [3.05, 3.63) is 86.5 Å². The zero-order valence-electron chi connectivity index (χ0n) is 22.8. The van der Waals surface area contributed by atoms with Crippen LogP contribution in [0.2, 0.25) is 10.0 Å². The summed E-state index contributed by atoms with van der Waals surface area (Å²) >= 11 is 13.6. The molecule has 2 aromatic heterocycles. The summed E-state index contributed by atoms with van der Waals surface area (Å²) in [7, 11) is 2.99. The molecule has 13 heteroatoms. The summed E-state index contributed by atoms with van der Waals surface area (Å²) in [6.45, 7) is 1.17. The van der Waals surface area contributed by atoms with Crippen molar-refractivity contribution in [2.75, 3.05) is 19.0 Å². The highest BCUT2D eigenvalue weighted by atomic mass is 35.5. The number of methoxy groups -OCH3 is 1. The van der Waals surface area contributed by atoms with Crippen molar-refractivity contribution in [2.24, 2.45) is 7.05 Å². The lowest BCUT2D eigenvalue weighted by molar-refractivity contribution is -0.119. The van der Waals surface area contributed by atoms with E-state index in [2.05, 4.69) is 26.0 Å². The molecule has 3 N–H and O–H groups in total. The standard InChI is InChI=1S/C29H27Cl2N7O4/c1-38-29(41)26(33-15-34-38)27(40)36-22-8-4-6-19(25(22)31)18-5-3-7-20(24(18)30)21-11-9-16(28(37-21)42-2)13-32-14-17-10-12-23(39)35-17/h3-9,11,15,17,32H,10,12-14H2,1-2H3,(H,35,39)(H,36,40)/t17-/m1/s1. The van der Waals surface area contributed by atoms with Crippen molar-refractivity contribution in [2.45, 2.75) is 25.4 Å². The Hall–Kier alpha value is -4.32. The fourth-order valence-corrected chi connectivity index (χ4v) is 5.28. The van der Waals surface area contributed by atoms with Crippen LogP contribution in [0, 0.1) is 0 Å². The van der Waals surface area contributed by atoms with E-state index in [0.29, 0.717) is 52.8 Å². The number of nitrogens with one attached hydrogen (secondary N) is 3. The molecule has 1 fully saturated rings. The number of aryl methyl sites for hydroxylation is 1. The number of hydrogen-bond donors (Lipinski definition) is 3. The zero-order chi connectivity index (χ0) is 29.8. The van der Waals surface area contributed by atoms with Crippen molar-refractivity contribution in [1.82, 2.24) is 30.4 Å². The lowest BCUT2D eigenvalue weighted by Gasteiger charge is -2.16. The Bertz CT molecular complexity index is 1730. The lowest BCUT2D eigenvalue weighted by Crippen LogP contribution is -2.35. The van der Waals surface area contributed by atoms with E-state index < -0.39 is 11.5 Å². The van der Waals surface area contributed by atoms with E-state index in [-0.39, 0.29) is 28.4 Å². The predicted molar refractivity (Wildman–Crippen MR) is 160 cm³/mol. The fraction of sp³-hybridized carbons (Fsp3) is 0.241.